The fourth-order valence-corrected chi connectivity index (χ4v) is 6.32. The molecule has 0 saturated heterocycles. The van der Waals surface area contributed by atoms with E-state index < -0.39 is 0 Å². The SMILES string of the molecule is C1=CCCC(c2cc3oc4cc(-c5ccc(N(c6ccccc6)c6ccccc6)cc5)ccc4c3c3ccccc23)=C1. The number of hydrogen-bond acceptors (Lipinski definition) is 2. The number of hydrogen-bond donors (Lipinski definition) is 0. The van der Waals surface area contributed by atoms with E-state index in [2.05, 4.69) is 157 Å². The second kappa shape index (κ2) is 10.2. The molecule has 2 nitrogen and oxygen atoms in total. The Kier molecular flexibility index (Phi) is 5.97. The zero-order valence-electron chi connectivity index (χ0n) is 23.2. The summed E-state index contributed by atoms with van der Waals surface area (Å²) in [5, 5.41) is 4.89. The molecule has 0 saturated carbocycles. The van der Waals surface area contributed by atoms with E-state index in [1.165, 1.54) is 27.3 Å². The maximum Gasteiger partial charge on any atom is 0.136 e. The first kappa shape index (κ1) is 24.5. The zero-order valence-corrected chi connectivity index (χ0v) is 23.2. The van der Waals surface area contributed by atoms with Crippen LogP contribution in [0.4, 0.5) is 17.1 Å². The van der Waals surface area contributed by atoms with E-state index >= 15 is 0 Å². The highest BCUT2D eigenvalue weighted by atomic mass is 16.3. The van der Waals surface area contributed by atoms with Crippen molar-refractivity contribution in [2.24, 2.45) is 0 Å². The van der Waals surface area contributed by atoms with Crippen LogP contribution in [0.1, 0.15) is 18.4 Å². The fraction of sp³-hybridized carbons (Fsp3) is 0.0500. The number of para-hydroxylation sites is 2. The van der Waals surface area contributed by atoms with Crippen molar-refractivity contribution >= 4 is 55.3 Å². The topological polar surface area (TPSA) is 16.4 Å². The predicted molar refractivity (Wildman–Crippen MR) is 178 cm³/mol. The van der Waals surface area contributed by atoms with Gasteiger partial charge in [0.05, 0.1) is 0 Å². The lowest BCUT2D eigenvalue weighted by molar-refractivity contribution is 0.669. The molecule has 0 amide bonds. The van der Waals surface area contributed by atoms with Crippen molar-refractivity contribution < 1.29 is 4.42 Å². The van der Waals surface area contributed by atoms with Crippen molar-refractivity contribution in [3.05, 3.63) is 157 Å². The van der Waals surface area contributed by atoms with Crippen molar-refractivity contribution in [2.75, 3.05) is 4.90 Å². The number of benzene rings is 6. The number of fused-ring (bicyclic) bond motifs is 5. The van der Waals surface area contributed by atoms with Gasteiger partial charge in [0.15, 0.2) is 0 Å². The second-order valence-corrected chi connectivity index (χ2v) is 10.9. The van der Waals surface area contributed by atoms with Crippen LogP contribution in [-0.2, 0) is 0 Å². The molecule has 1 aliphatic carbocycles. The summed E-state index contributed by atoms with van der Waals surface area (Å²) in [5.41, 5.74) is 10.2. The van der Waals surface area contributed by atoms with Gasteiger partial charge in [-0.1, -0.05) is 97.1 Å². The Labute approximate surface area is 245 Å². The molecule has 7 aromatic rings. The Morgan fingerprint density at radius 2 is 1.17 bits per heavy atom. The molecule has 0 unspecified atom stereocenters. The average molecular weight is 540 g/mol. The lowest BCUT2D eigenvalue weighted by Crippen LogP contribution is -2.09. The van der Waals surface area contributed by atoms with E-state index in [1.807, 2.05) is 0 Å². The van der Waals surface area contributed by atoms with Crippen molar-refractivity contribution in [1.29, 1.82) is 0 Å². The minimum atomic E-state index is 0.918. The number of nitrogens with zero attached hydrogens (tertiary/aromatic N) is 1. The van der Waals surface area contributed by atoms with E-state index in [-0.39, 0.29) is 0 Å². The van der Waals surface area contributed by atoms with Crippen LogP contribution in [0.5, 0.6) is 0 Å². The lowest BCUT2D eigenvalue weighted by Gasteiger charge is -2.25. The van der Waals surface area contributed by atoms with Gasteiger partial charge in [-0.3, -0.25) is 0 Å². The van der Waals surface area contributed by atoms with Crippen molar-refractivity contribution in [1.82, 2.24) is 0 Å². The van der Waals surface area contributed by atoms with Gasteiger partial charge in [-0.2, -0.15) is 0 Å². The largest absolute Gasteiger partial charge is 0.456 e. The van der Waals surface area contributed by atoms with Crippen molar-refractivity contribution in [2.45, 2.75) is 12.8 Å². The summed E-state index contributed by atoms with van der Waals surface area (Å²) in [6.07, 6.45) is 8.79. The Bertz CT molecular complexity index is 2080. The van der Waals surface area contributed by atoms with Crippen LogP contribution in [0.25, 0.3) is 49.4 Å². The maximum absolute atomic E-state index is 6.58. The van der Waals surface area contributed by atoms with Crippen LogP contribution < -0.4 is 4.90 Å². The number of furan rings is 1. The van der Waals surface area contributed by atoms with Gasteiger partial charge in [-0.05, 0) is 100 Å². The molecule has 6 aromatic carbocycles. The van der Waals surface area contributed by atoms with Crippen molar-refractivity contribution in [3.63, 3.8) is 0 Å². The highest BCUT2D eigenvalue weighted by molar-refractivity contribution is 6.21. The van der Waals surface area contributed by atoms with Gasteiger partial charge in [0.25, 0.3) is 0 Å². The smallest absolute Gasteiger partial charge is 0.136 e. The van der Waals surface area contributed by atoms with E-state index in [4.69, 9.17) is 4.42 Å². The Balaban J connectivity index is 1.21. The van der Waals surface area contributed by atoms with Gasteiger partial charge in [0, 0.05) is 27.8 Å². The van der Waals surface area contributed by atoms with Gasteiger partial charge in [0.2, 0.25) is 0 Å². The normalized spacial score (nSPS) is 13.1. The highest BCUT2D eigenvalue weighted by Gasteiger charge is 2.17. The van der Waals surface area contributed by atoms with Gasteiger partial charge in [-0.15, -0.1) is 0 Å². The molecule has 0 atom stereocenters. The highest BCUT2D eigenvalue weighted by Crippen LogP contribution is 2.41. The molecule has 0 fully saturated rings. The third-order valence-electron chi connectivity index (χ3n) is 8.33. The molecule has 0 bridgehead atoms. The first-order valence-corrected chi connectivity index (χ1v) is 14.6. The fourth-order valence-electron chi connectivity index (χ4n) is 6.32. The molecule has 1 aromatic heterocycles. The van der Waals surface area contributed by atoms with E-state index in [0.29, 0.717) is 0 Å². The Morgan fingerprint density at radius 3 is 1.86 bits per heavy atom. The second-order valence-electron chi connectivity index (χ2n) is 10.9. The standard InChI is InChI=1S/C40H29NO/c1-4-12-29(13-5-1)37-27-39-40(35-19-11-10-18-34(35)37)36-25-22-30(26-38(36)42-39)28-20-23-33(24-21-28)41(31-14-6-2-7-15-31)32-16-8-3-9-17-32/h1-4,6-12,14-27H,5,13H2. The van der Waals surface area contributed by atoms with Crippen LogP contribution in [0.15, 0.2) is 156 Å². The molecule has 8 rings (SSSR count). The first-order chi connectivity index (χ1) is 20.8. The molecule has 1 aliphatic rings. The van der Waals surface area contributed by atoms with Gasteiger partial charge < -0.3 is 9.32 Å². The van der Waals surface area contributed by atoms with Crippen LogP contribution in [0.2, 0.25) is 0 Å². The monoisotopic (exact) mass is 539 g/mol. The van der Waals surface area contributed by atoms with Crippen LogP contribution >= 0.6 is 0 Å². The van der Waals surface area contributed by atoms with Crippen LogP contribution in [0.3, 0.4) is 0 Å². The molecule has 42 heavy (non-hydrogen) atoms. The van der Waals surface area contributed by atoms with E-state index in [9.17, 15) is 0 Å². The summed E-state index contributed by atoms with van der Waals surface area (Å²) in [7, 11) is 0. The quantitative estimate of drug-likeness (QED) is 0.216. The zero-order chi connectivity index (χ0) is 27.9. The number of anilines is 3. The molecule has 200 valence electrons. The first-order valence-electron chi connectivity index (χ1n) is 14.6. The summed E-state index contributed by atoms with van der Waals surface area (Å²) < 4.78 is 6.58. The summed E-state index contributed by atoms with van der Waals surface area (Å²) >= 11 is 0. The van der Waals surface area contributed by atoms with Crippen LogP contribution in [-0.4, -0.2) is 0 Å². The van der Waals surface area contributed by atoms with E-state index in [1.54, 1.807) is 0 Å². The molecule has 1 heterocycles. The third kappa shape index (κ3) is 4.20. The summed E-state index contributed by atoms with van der Waals surface area (Å²) in [4.78, 5) is 2.28. The molecule has 0 radical (unpaired) electrons. The maximum atomic E-state index is 6.58. The van der Waals surface area contributed by atoms with Crippen molar-refractivity contribution in [3.8, 4) is 11.1 Å². The van der Waals surface area contributed by atoms with Gasteiger partial charge in [0.1, 0.15) is 11.2 Å². The molecular weight excluding hydrogens is 510 g/mol. The summed E-state index contributed by atoms with van der Waals surface area (Å²) in [6, 6.07) is 47.4. The molecule has 0 N–H and O–H groups in total. The molecular formula is C40H29NO. The predicted octanol–water partition coefficient (Wildman–Crippen LogP) is 11.6. The number of allylic oxidation sites excluding steroid dienone is 4. The minimum absolute atomic E-state index is 0.918. The number of rotatable bonds is 5. The molecule has 2 heteroatoms. The van der Waals surface area contributed by atoms with Crippen LogP contribution in [0, 0.1) is 0 Å². The lowest BCUT2D eigenvalue weighted by atomic mass is 9.91. The van der Waals surface area contributed by atoms with E-state index in [0.717, 1.165) is 57.6 Å². The molecule has 0 aliphatic heterocycles. The minimum Gasteiger partial charge on any atom is -0.456 e. The third-order valence-corrected chi connectivity index (χ3v) is 8.33. The Morgan fingerprint density at radius 1 is 0.524 bits per heavy atom. The van der Waals surface area contributed by atoms with Gasteiger partial charge in [-0.25, -0.2) is 0 Å². The summed E-state index contributed by atoms with van der Waals surface area (Å²) in [6.45, 7) is 0. The summed E-state index contributed by atoms with van der Waals surface area (Å²) in [5.74, 6) is 0. The molecule has 0 spiro atoms. The Hall–Kier alpha value is -5.34. The average Bonchev–Trinajstić information content (AvgIpc) is 3.44. The van der Waals surface area contributed by atoms with Gasteiger partial charge >= 0.3 is 0 Å².